The van der Waals surface area contributed by atoms with Gasteiger partial charge in [0, 0.05) is 24.7 Å². The molecular weight excluding hydrogens is 380 g/mol. The fourth-order valence-electron chi connectivity index (χ4n) is 3.37. The van der Waals surface area contributed by atoms with Crippen LogP contribution in [0.15, 0.2) is 33.7 Å². The Morgan fingerprint density at radius 1 is 1.29 bits per heavy atom. The lowest BCUT2D eigenvalue weighted by atomic mass is 9.97. The Labute approximate surface area is 164 Å². The van der Waals surface area contributed by atoms with Gasteiger partial charge in [0.25, 0.3) is 0 Å². The third-order valence-corrected chi connectivity index (χ3v) is 7.04. The van der Waals surface area contributed by atoms with Gasteiger partial charge in [-0.05, 0) is 44.4 Å². The first-order valence-corrected chi connectivity index (χ1v) is 10.5. The van der Waals surface area contributed by atoms with Crippen molar-refractivity contribution in [2.45, 2.75) is 38.0 Å². The van der Waals surface area contributed by atoms with Crippen LogP contribution in [-0.2, 0) is 21.2 Å². The molecule has 3 rings (SSSR count). The normalized spacial score (nSPS) is 15.9. The van der Waals surface area contributed by atoms with Crippen molar-refractivity contribution in [3.63, 3.8) is 0 Å². The van der Waals surface area contributed by atoms with Crippen molar-refractivity contribution in [1.29, 1.82) is 5.26 Å². The molecule has 1 amide bonds. The van der Waals surface area contributed by atoms with Crippen LogP contribution >= 0.6 is 0 Å². The van der Waals surface area contributed by atoms with Gasteiger partial charge in [0.15, 0.2) is 5.76 Å². The maximum absolute atomic E-state index is 12.8. The largest absolute Gasteiger partial charge is 0.360 e. The van der Waals surface area contributed by atoms with Gasteiger partial charge in [-0.3, -0.25) is 4.79 Å². The van der Waals surface area contributed by atoms with Crippen molar-refractivity contribution in [3.8, 4) is 6.07 Å². The maximum atomic E-state index is 12.8. The van der Waals surface area contributed by atoms with Gasteiger partial charge in [0.05, 0.1) is 12.5 Å². The van der Waals surface area contributed by atoms with E-state index in [1.54, 1.807) is 38.1 Å². The lowest BCUT2D eigenvalue weighted by molar-refractivity contribution is -0.120. The van der Waals surface area contributed by atoms with Gasteiger partial charge in [-0.25, -0.2) is 8.42 Å². The van der Waals surface area contributed by atoms with E-state index < -0.39 is 10.0 Å². The molecule has 1 aromatic carbocycles. The van der Waals surface area contributed by atoms with Crippen LogP contribution in [0, 0.1) is 31.1 Å². The van der Waals surface area contributed by atoms with Crippen molar-refractivity contribution in [3.05, 3.63) is 41.3 Å². The number of anilines is 1. The lowest BCUT2D eigenvalue weighted by Gasteiger charge is -2.30. The zero-order valence-corrected chi connectivity index (χ0v) is 16.6. The molecule has 0 spiro atoms. The number of aryl methyl sites for hydroxylation is 2. The Morgan fingerprint density at radius 2 is 1.93 bits per heavy atom. The van der Waals surface area contributed by atoms with Crippen LogP contribution in [0.5, 0.6) is 0 Å². The fraction of sp³-hybridized carbons (Fsp3) is 0.421. The summed E-state index contributed by atoms with van der Waals surface area (Å²) in [6.07, 6.45) is 1.22. The van der Waals surface area contributed by atoms with Crippen molar-refractivity contribution in [1.82, 2.24) is 9.46 Å². The highest BCUT2D eigenvalue weighted by atomic mass is 32.2. The predicted molar refractivity (Wildman–Crippen MR) is 102 cm³/mol. The molecule has 1 N–H and O–H groups in total. The molecule has 0 bridgehead atoms. The minimum absolute atomic E-state index is 0.118. The highest BCUT2D eigenvalue weighted by molar-refractivity contribution is 7.89. The number of carbonyl (C=O) groups is 1. The van der Waals surface area contributed by atoms with Crippen LogP contribution in [0.2, 0.25) is 0 Å². The van der Waals surface area contributed by atoms with E-state index in [1.807, 2.05) is 0 Å². The molecule has 0 atom stereocenters. The van der Waals surface area contributed by atoms with E-state index >= 15 is 0 Å². The van der Waals surface area contributed by atoms with Crippen LogP contribution in [-0.4, -0.2) is 36.9 Å². The van der Waals surface area contributed by atoms with Gasteiger partial charge in [-0.15, -0.1) is 0 Å². The Kier molecular flexibility index (Phi) is 5.82. The van der Waals surface area contributed by atoms with E-state index in [-0.39, 0.29) is 35.6 Å². The Bertz CT molecular complexity index is 978. The van der Waals surface area contributed by atoms with Gasteiger partial charge in [-0.2, -0.15) is 9.57 Å². The van der Waals surface area contributed by atoms with Crippen LogP contribution in [0.4, 0.5) is 5.69 Å². The first-order valence-electron chi connectivity index (χ1n) is 9.02. The monoisotopic (exact) mass is 402 g/mol. The molecule has 28 heavy (non-hydrogen) atoms. The van der Waals surface area contributed by atoms with Gasteiger partial charge >= 0.3 is 0 Å². The molecule has 0 radical (unpaired) electrons. The fourth-order valence-corrected chi connectivity index (χ4v) is 5.13. The average molecular weight is 402 g/mol. The third kappa shape index (κ3) is 4.08. The SMILES string of the molecule is Cc1noc(C)c1S(=O)(=O)N1CCC(C(=O)Nc2ccc(CC#N)cc2)CC1. The highest BCUT2D eigenvalue weighted by Gasteiger charge is 2.35. The summed E-state index contributed by atoms with van der Waals surface area (Å²) >= 11 is 0. The molecule has 1 saturated heterocycles. The summed E-state index contributed by atoms with van der Waals surface area (Å²) in [5.41, 5.74) is 1.90. The molecule has 9 heteroatoms. The standard InChI is InChI=1S/C19H22N4O4S/c1-13-18(14(2)27-22-13)28(25,26)23-11-8-16(9-12-23)19(24)21-17-5-3-15(4-6-17)7-10-20/h3-6,16H,7-9,11-12H2,1-2H3,(H,21,24). The molecule has 0 unspecified atom stereocenters. The number of sulfonamides is 1. The minimum atomic E-state index is -3.68. The zero-order valence-electron chi connectivity index (χ0n) is 15.8. The van der Waals surface area contributed by atoms with Crippen molar-refractivity contribution in [2.24, 2.45) is 5.92 Å². The maximum Gasteiger partial charge on any atom is 0.248 e. The van der Waals surface area contributed by atoms with Gasteiger partial charge < -0.3 is 9.84 Å². The van der Waals surface area contributed by atoms with Gasteiger partial charge in [0.2, 0.25) is 15.9 Å². The van der Waals surface area contributed by atoms with Gasteiger partial charge in [-0.1, -0.05) is 17.3 Å². The summed E-state index contributed by atoms with van der Waals surface area (Å²) in [5, 5.41) is 15.3. The summed E-state index contributed by atoms with van der Waals surface area (Å²) < 4.78 is 32.1. The highest BCUT2D eigenvalue weighted by Crippen LogP contribution is 2.28. The number of hydrogen-bond donors (Lipinski definition) is 1. The molecular formula is C19H22N4O4S. The van der Waals surface area contributed by atoms with E-state index in [2.05, 4.69) is 16.5 Å². The predicted octanol–water partition coefficient (Wildman–Crippen LogP) is 2.40. The smallest absolute Gasteiger partial charge is 0.248 e. The summed E-state index contributed by atoms with van der Waals surface area (Å²) in [5.74, 6) is -0.102. The van der Waals surface area contributed by atoms with E-state index in [0.29, 0.717) is 30.6 Å². The third-order valence-electron chi connectivity index (χ3n) is 4.90. The number of nitrogens with zero attached hydrogens (tertiary/aromatic N) is 3. The first kappa shape index (κ1) is 20.0. The van der Waals surface area contributed by atoms with Crippen molar-refractivity contribution in [2.75, 3.05) is 18.4 Å². The summed E-state index contributed by atoms with van der Waals surface area (Å²) in [4.78, 5) is 12.6. The van der Waals surface area contributed by atoms with Gasteiger partial charge in [0.1, 0.15) is 10.6 Å². The summed E-state index contributed by atoms with van der Waals surface area (Å²) in [7, 11) is -3.68. The molecule has 1 aliphatic rings. The minimum Gasteiger partial charge on any atom is -0.360 e. The topological polar surface area (TPSA) is 116 Å². The second-order valence-electron chi connectivity index (χ2n) is 6.85. The quantitative estimate of drug-likeness (QED) is 0.821. The Morgan fingerprint density at radius 3 is 2.46 bits per heavy atom. The van der Waals surface area contributed by atoms with E-state index in [0.717, 1.165) is 5.56 Å². The molecule has 1 aromatic heterocycles. The number of amides is 1. The van der Waals surface area contributed by atoms with Crippen LogP contribution in [0.25, 0.3) is 0 Å². The number of aromatic nitrogens is 1. The second kappa shape index (κ2) is 8.12. The van der Waals surface area contributed by atoms with Crippen LogP contribution < -0.4 is 5.32 Å². The number of nitriles is 1. The zero-order chi connectivity index (χ0) is 20.3. The number of benzene rings is 1. The van der Waals surface area contributed by atoms with E-state index in [4.69, 9.17) is 9.78 Å². The average Bonchev–Trinajstić information content (AvgIpc) is 3.02. The first-order chi connectivity index (χ1) is 13.3. The molecule has 2 heterocycles. The van der Waals surface area contributed by atoms with Crippen LogP contribution in [0.3, 0.4) is 0 Å². The molecule has 1 aliphatic heterocycles. The Hall–Kier alpha value is -2.70. The molecule has 1 fully saturated rings. The summed E-state index contributed by atoms with van der Waals surface area (Å²) in [6, 6.07) is 9.22. The molecule has 2 aromatic rings. The molecule has 148 valence electrons. The molecule has 0 aliphatic carbocycles. The summed E-state index contributed by atoms with van der Waals surface area (Å²) in [6.45, 7) is 3.72. The number of hydrogen-bond acceptors (Lipinski definition) is 6. The van der Waals surface area contributed by atoms with Crippen molar-refractivity contribution < 1.29 is 17.7 Å². The molecule has 8 nitrogen and oxygen atoms in total. The lowest BCUT2D eigenvalue weighted by Crippen LogP contribution is -2.41. The van der Waals surface area contributed by atoms with E-state index in [9.17, 15) is 13.2 Å². The second-order valence-corrected chi connectivity index (χ2v) is 8.73. The number of rotatable bonds is 5. The van der Waals surface area contributed by atoms with Crippen LogP contribution in [0.1, 0.15) is 29.9 Å². The van der Waals surface area contributed by atoms with E-state index in [1.165, 1.54) is 4.31 Å². The molecule has 0 saturated carbocycles. The Balaban J connectivity index is 1.60. The number of nitrogens with one attached hydrogen (secondary N) is 1. The number of carbonyl (C=O) groups excluding carboxylic acids is 1. The van der Waals surface area contributed by atoms with Crippen molar-refractivity contribution >= 4 is 21.6 Å². The number of piperidine rings is 1.